The third-order valence-corrected chi connectivity index (χ3v) is 3.32. The maximum Gasteiger partial charge on any atom is 0.314 e. The molecule has 3 unspecified atom stereocenters. The van der Waals surface area contributed by atoms with Crippen LogP contribution in [0.1, 0.15) is 19.3 Å². The Balaban J connectivity index is 2.31. The van der Waals surface area contributed by atoms with E-state index in [1.165, 1.54) is 0 Å². The smallest absolute Gasteiger partial charge is 0.314 e. The molecule has 1 heterocycles. The van der Waals surface area contributed by atoms with Crippen LogP contribution in [0, 0.1) is 11.3 Å². The summed E-state index contributed by atoms with van der Waals surface area (Å²) >= 11 is 0. The van der Waals surface area contributed by atoms with Crippen LogP contribution in [0.5, 0.6) is 0 Å². The van der Waals surface area contributed by atoms with E-state index in [4.69, 9.17) is 9.84 Å². The molecule has 1 fully saturated rings. The number of carboxylic acid groups (broad SMARTS) is 2. The highest BCUT2D eigenvalue weighted by atomic mass is 16.6. The molecule has 5 heteroatoms. The standard InChI is InChI=1S/C11H14O5/c12-9(13)8-3-1-2-4-11(8,10(14)15)5-7-6-16-7/h2,4,7-8H,1,3,5-6H2,(H,12,13)(H,14,15). The van der Waals surface area contributed by atoms with Crippen molar-refractivity contribution in [1.82, 2.24) is 0 Å². The van der Waals surface area contributed by atoms with Crippen LogP contribution >= 0.6 is 0 Å². The van der Waals surface area contributed by atoms with Crippen LogP contribution in [0.2, 0.25) is 0 Å². The maximum atomic E-state index is 11.4. The lowest BCUT2D eigenvalue weighted by molar-refractivity contribution is -0.160. The predicted molar refractivity (Wildman–Crippen MR) is 53.9 cm³/mol. The van der Waals surface area contributed by atoms with E-state index in [9.17, 15) is 14.7 Å². The van der Waals surface area contributed by atoms with Crippen LogP contribution in [0.3, 0.4) is 0 Å². The Hall–Kier alpha value is -1.36. The minimum absolute atomic E-state index is 0.0966. The lowest BCUT2D eigenvalue weighted by Crippen LogP contribution is -2.43. The molecule has 5 nitrogen and oxygen atoms in total. The summed E-state index contributed by atoms with van der Waals surface area (Å²) in [5.74, 6) is -2.95. The predicted octanol–water partition coefficient (Wildman–Crippen LogP) is 0.897. The molecule has 0 radical (unpaired) electrons. The summed E-state index contributed by atoms with van der Waals surface area (Å²) in [7, 11) is 0. The SMILES string of the molecule is O=C(O)C1CCC=CC1(CC1CO1)C(=O)O. The first-order valence-corrected chi connectivity index (χ1v) is 5.32. The summed E-state index contributed by atoms with van der Waals surface area (Å²) in [6.07, 6.45) is 4.47. The van der Waals surface area contributed by atoms with Gasteiger partial charge in [0.15, 0.2) is 0 Å². The number of hydrogen-bond acceptors (Lipinski definition) is 3. The van der Waals surface area contributed by atoms with Gasteiger partial charge in [-0.05, 0) is 19.3 Å². The molecule has 0 aromatic heterocycles. The molecule has 1 aliphatic heterocycles. The van der Waals surface area contributed by atoms with E-state index in [0.717, 1.165) is 0 Å². The quantitative estimate of drug-likeness (QED) is 0.549. The third kappa shape index (κ3) is 1.82. The van der Waals surface area contributed by atoms with Gasteiger partial charge in [0.1, 0.15) is 5.41 Å². The molecule has 0 bridgehead atoms. The monoisotopic (exact) mass is 226 g/mol. The van der Waals surface area contributed by atoms with E-state index < -0.39 is 23.3 Å². The third-order valence-electron chi connectivity index (χ3n) is 3.32. The van der Waals surface area contributed by atoms with Gasteiger partial charge in [0, 0.05) is 0 Å². The highest BCUT2D eigenvalue weighted by Gasteiger charge is 2.51. The molecule has 2 aliphatic rings. The van der Waals surface area contributed by atoms with Crippen LogP contribution in [0.15, 0.2) is 12.2 Å². The van der Waals surface area contributed by atoms with Gasteiger partial charge in [0.25, 0.3) is 0 Å². The van der Waals surface area contributed by atoms with Gasteiger partial charge in [-0.2, -0.15) is 0 Å². The number of rotatable bonds is 4. The van der Waals surface area contributed by atoms with Crippen LogP contribution < -0.4 is 0 Å². The zero-order valence-electron chi connectivity index (χ0n) is 8.76. The molecule has 16 heavy (non-hydrogen) atoms. The number of aliphatic carboxylic acids is 2. The fourth-order valence-corrected chi connectivity index (χ4v) is 2.35. The average Bonchev–Trinajstić information content (AvgIpc) is 3.01. The Morgan fingerprint density at radius 1 is 1.44 bits per heavy atom. The zero-order chi connectivity index (χ0) is 11.8. The fourth-order valence-electron chi connectivity index (χ4n) is 2.35. The maximum absolute atomic E-state index is 11.4. The number of allylic oxidation sites excluding steroid dienone is 1. The summed E-state index contributed by atoms with van der Waals surface area (Å²) in [6, 6.07) is 0. The van der Waals surface area contributed by atoms with Crippen LogP contribution in [0.4, 0.5) is 0 Å². The summed E-state index contributed by atoms with van der Waals surface area (Å²) in [5.41, 5.74) is -1.29. The fraction of sp³-hybridized carbons (Fsp3) is 0.636. The molecule has 0 spiro atoms. The van der Waals surface area contributed by atoms with Gasteiger partial charge in [-0.25, -0.2) is 0 Å². The van der Waals surface area contributed by atoms with Crippen molar-refractivity contribution in [1.29, 1.82) is 0 Å². The molecule has 3 atom stereocenters. The summed E-state index contributed by atoms with van der Waals surface area (Å²) in [6.45, 7) is 0.537. The number of hydrogen-bond donors (Lipinski definition) is 2. The molecule has 1 saturated heterocycles. The molecule has 2 N–H and O–H groups in total. The first-order chi connectivity index (χ1) is 7.56. The van der Waals surface area contributed by atoms with Crippen molar-refractivity contribution in [3.05, 3.63) is 12.2 Å². The molecule has 1 aliphatic carbocycles. The van der Waals surface area contributed by atoms with Crippen LogP contribution in [0.25, 0.3) is 0 Å². The number of carboxylic acids is 2. The molecule has 0 saturated carbocycles. The van der Waals surface area contributed by atoms with E-state index in [1.807, 2.05) is 0 Å². The van der Waals surface area contributed by atoms with Crippen molar-refractivity contribution in [2.24, 2.45) is 11.3 Å². The number of epoxide rings is 1. The normalized spacial score (nSPS) is 37.0. The lowest BCUT2D eigenvalue weighted by atomic mass is 9.67. The van der Waals surface area contributed by atoms with E-state index >= 15 is 0 Å². The van der Waals surface area contributed by atoms with Crippen molar-refractivity contribution < 1.29 is 24.5 Å². The molecular weight excluding hydrogens is 212 g/mol. The van der Waals surface area contributed by atoms with Crippen molar-refractivity contribution >= 4 is 11.9 Å². The van der Waals surface area contributed by atoms with E-state index in [2.05, 4.69) is 0 Å². The van der Waals surface area contributed by atoms with E-state index in [0.29, 0.717) is 19.4 Å². The first kappa shape index (κ1) is 11.1. The van der Waals surface area contributed by atoms with Gasteiger partial charge in [-0.1, -0.05) is 12.2 Å². The zero-order valence-corrected chi connectivity index (χ0v) is 8.76. The van der Waals surface area contributed by atoms with Crippen LogP contribution in [-0.2, 0) is 14.3 Å². The van der Waals surface area contributed by atoms with Gasteiger partial charge in [0.2, 0.25) is 0 Å². The molecule has 88 valence electrons. The molecular formula is C11H14O5. The Morgan fingerprint density at radius 3 is 2.62 bits per heavy atom. The Labute approximate surface area is 92.7 Å². The Morgan fingerprint density at radius 2 is 2.12 bits per heavy atom. The molecule has 0 aromatic carbocycles. The van der Waals surface area contributed by atoms with Gasteiger partial charge >= 0.3 is 11.9 Å². The van der Waals surface area contributed by atoms with Gasteiger partial charge in [-0.15, -0.1) is 0 Å². The second kappa shape index (κ2) is 3.90. The van der Waals surface area contributed by atoms with Gasteiger partial charge < -0.3 is 14.9 Å². The van der Waals surface area contributed by atoms with Gasteiger partial charge in [-0.3, -0.25) is 9.59 Å². The summed E-state index contributed by atoms with van der Waals surface area (Å²) < 4.78 is 5.02. The van der Waals surface area contributed by atoms with Crippen molar-refractivity contribution in [2.45, 2.75) is 25.4 Å². The molecule has 2 rings (SSSR count). The van der Waals surface area contributed by atoms with Crippen LogP contribution in [-0.4, -0.2) is 34.9 Å². The minimum Gasteiger partial charge on any atom is -0.481 e. The number of carbonyl (C=O) groups is 2. The second-order valence-electron chi connectivity index (χ2n) is 4.38. The molecule has 0 amide bonds. The minimum atomic E-state index is -1.29. The topological polar surface area (TPSA) is 87.1 Å². The Kier molecular flexibility index (Phi) is 2.71. The highest BCUT2D eigenvalue weighted by Crippen LogP contribution is 2.43. The average molecular weight is 226 g/mol. The summed E-state index contributed by atoms with van der Waals surface area (Å²) in [5, 5.41) is 18.4. The van der Waals surface area contributed by atoms with Crippen molar-refractivity contribution in [3.8, 4) is 0 Å². The van der Waals surface area contributed by atoms with Crippen molar-refractivity contribution in [3.63, 3.8) is 0 Å². The number of ether oxygens (including phenoxy) is 1. The lowest BCUT2D eigenvalue weighted by Gasteiger charge is -2.34. The summed E-state index contributed by atoms with van der Waals surface area (Å²) in [4.78, 5) is 22.5. The van der Waals surface area contributed by atoms with E-state index in [1.54, 1.807) is 12.2 Å². The van der Waals surface area contributed by atoms with Gasteiger partial charge in [0.05, 0.1) is 18.6 Å². The van der Waals surface area contributed by atoms with E-state index in [-0.39, 0.29) is 12.5 Å². The Bertz CT molecular complexity index is 344. The first-order valence-electron chi connectivity index (χ1n) is 5.32. The second-order valence-corrected chi connectivity index (χ2v) is 4.38. The largest absolute Gasteiger partial charge is 0.481 e. The highest BCUT2D eigenvalue weighted by molar-refractivity contribution is 5.85. The molecule has 0 aromatic rings. The van der Waals surface area contributed by atoms with Crippen molar-refractivity contribution in [2.75, 3.05) is 6.61 Å².